The largest absolute Gasteiger partial charge is 0.466 e. The molecule has 1 aliphatic rings. The van der Waals surface area contributed by atoms with Gasteiger partial charge in [0.1, 0.15) is 0 Å². The molecule has 0 aromatic heterocycles. The monoisotopic (exact) mass is 486 g/mol. The fraction of sp³-hybridized carbons (Fsp3) is 0.478. The van der Waals surface area contributed by atoms with Crippen molar-refractivity contribution in [3.05, 3.63) is 57.9 Å². The minimum absolute atomic E-state index is 0.0205. The van der Waals surface area contributed by atoms with Gasteiger partial charge in [0.05, 0.1) is 68.5 Å². The number of rotatable bonds is 11. The summed E-state index contributed by atoms with van der Waals surface area (Å²) >= 11 is 0. The Kier molecular flexibility index (Phi) is 10.1. The molecule has 1 aliphatic heterocycles. The molecule has 8 nitrogen and oxygen atoms in total. The first-order valence-corrected chi connectivity index (χ1v) is 10.6. The number of carbonyl (C=O) groups excluding carboxylic acids is 2. The molecule has 0 aliphatic carbocycles. The lowest BCUT2D eigenvalue weighted by atomic mass is 9.78. The molecule has 3 N–H and O–H groups in total. The van der Waals surface area contributed by atoms with E-state index in [-0.39, 0.29) is 54.5 Å². The maximum atomic E-state index is 13.9. The lowest BCUT2D eigenvalue weighted by Gasteiger charge is -2.32. The number of alkyl halides is 3. The quantitative estimate of drug-likeness (QED) is 0.363. The van der Waals surface area contributed by atoms with Gasteiger partial charge in [-0.05, 0) is 25.5 Å². The second-order valence-corrected chi connectivity index (χ2v) is 7.24. The Morgan fingerprint density at radius 1 is 1.06 bits per heavy atom. The van der Waals surface area contributed by atoms with Gasteiger partial charge in [0.15, 0.2) is 0 Å². The first-order chi connectivity index (χ1) is 16.2. The Morgan fingerprint density at radius 2 is 1.74 bits per heavy atom. The zero-order valence-corrected chi connectivity index (χ0v) is 19.3. The van der Waals surface area contributed by atoms with E-state index in [0.717, 1.165) is 13.2 Å². The number of methoxy groups -OCH3 is 1. The maximum Gasteiger partial charge on any atom is 0.416 e. The number of esters is 2. The van der Waals surface area contributed by atoms with E-state index in [2.05, 4.69) is 5.32 Å². The van der Waals surface area contributed by atoms with Gasteiger partial charge < -0.3 is 30.0 Å². The van der Waals surface area contributed by atoms with Gasteiger partial charge in [-0.3, -0.25) is 0 Å². The summed E-state index contributed by atoms with van der Waals surface area (Å²) in [5.41, 5.74) is 4.24. The van der Waals surface area contributed by atoms with Gasteiger partial charge in [-0.25, -0.2) is 9.59 Å². The molecule has 0 unspecified atom stereocenters. The predicted octanol–water partition coefficient (Wildman–Crippen LogP) is 2.65. The van der Waals surface area contributed by atoms with Gasteiger partial charge in [0, 0.05) is 12.2 Å². The standard InChI is InChI=1S/C23H29F3N2O6/c1-4-34-22(30)20-17(13-33-12-11-32-10-9-27)28-14(2)18(21(29)31-3)19(20)15-7-5-6-8-16(15)23(24,25)26/h5-8,19,28H,4,9-13,27H2,1-3H3/t19-/m1/s1. The second-order valence-electron chi connectivity index (χ2n) is 7.24. The van der Waals surface area contributed by atoms with Gasteiger partial charge in [-0.2, -0.15) is 13.2 Å². The summed E-state index contributed by atoms with van der Waals surface area (Å²) in [7, 11) is 1.11. The fourth-order valence-corrected chi connectivity index (χ4v) is 3.64. The number of halogens is 3. The van der Waals surface area contributed by atoms with Gasteiger partial charge in [0.25, 0.3) is 0 Å². The van der Waals surface area contributed by atoms with E-state index in [1.807, 2.05) is 0 Å². The maximum absolute atomic E-state index is 13.9. The minimum Gasteiger partial charge on any atom is -0.466 e. The Bertz CT molecular complexity index is 943. The summed E-state index contributed by atoms with van der Waals surface area (Å²) in [5, 5.41) is 2.92. The number of ether oxygens (including phenoxy) is 4. The van der Waals surface area contributed by atoms with Gasteiger partial charge in [0.2, 0.25) is 0 Å². The van der Waals surface area contributed by atoms with E-state index in [0.29, 0.717) is 13.2 Å². The van der Waals surface area contributed by atoms with Crippen molar-refractivity contribution in [3.63, 3.8) is 0 Å². The van der Waals surface area contributed by atoms with Crippen LogP contribution in [0.3, 0.4) is 0 Å². The summed E-state index contributed by atoms with van der Waals surface area (Å²) in [6.07, 6.45) is -4.73. The van der Waals surface area contributed by atoms with Crippen molar-refractivity contribution in [2.24, 2.45) is 5.73 Å². The van der Waals surface area contributed by atoms with Crippen molar-refractivity contribution < 1.29 is 41.7 Å². The number of nitrogens with one attached hydrogen (secondary N) is 1. The molecule has 0 bridgehead atoms. The number of nitrogens with two attached hydrogens (primary N) is 1. The van der Waals surface area contributed by atoms with Crippen molar-refractivity contribution in [1.29, 1.82) is 0 Å². The van der Waals surface area contributed by atoms with E-state index < -0.39 is 29.6 Å². The van der Waals surface area contributed by atoms with Crippen LogP contribution >= 0.6 is 0 Å². The SMILES string of the molecule is CCOC(=O)C1=C(COCCOCCN)NC(C)=C(C(=O)OC)[C@H]1c1ccccc1C(F)(F)F. The summed E-state index contributed by atoms with van der Waals surface area (Å²) in [4.78, 5) is 25.7. The molecule has 0 saturated carbocycles. The summed E-state index contributed by atoms with van der Waals surface area (Å²) in [6.45, 7) is 3.99. The molecule has 1 aromatic rings. The molecule has 11 heteroatoms. The van der Waals surface area contributed by atoms with Crippen molar-refractivity contribution in [2.75, 3.05) is 46.7 Å². The van der Waals surface area contributed by atoms with Gasteiger partial charge >= 0.3 is 18.1 Å². The van der Waals surface area contributed by atoms with Crippen molar-refractivity contribution in [1.82, 2.24) is 5.32 Å². The van der Waals surface area contributed by atoms with Gasteiger partial charge in [-0.1, -0.05) is 18.2 Å². The normalized spacial score (nSPS) is 16.4. The molecule has 188 valence electrons. The Labute approximate surface area is 195 Å². The average molecular weight is 486 g/mol. The van der Waals surface area contributed by atoms with Crippen LogP contribution in [0, 0.1) is 0 Å². The minimum atomic E-state index is -4.73. The summed E-state index contributed by atoms with van der Waals surface area (Å²) < 4.78 is 62.5. The first-order valence-electron chi connectivity index (χ1n) is 10.6. The van der Waals surface area contributed by atoms with Crippen LogP contribution in [-0.2, 0) is 34.7 Å². The van der Waals surface area contributed by atoms with Crippen LogP contribution in [0.1, 0.15) is 30.9 Å². The molecule has 0 saturated heterocycles. The number of benzene rings is 1. The zero-order valence-electron chi connectivity index (χ0n) is 19.3. The fourth-order valence-electron chi connectivity index (χ4n) is 3.64. The molecule has 0 spiro atoms. The molecule has 0 amide bonds. The summed E-state index contributed by atoms with van der Waals surface area (Å²) in [6, 6.07) is 4.77. The molecular weight excluding hydrogens is 457 g/mol. The molecule has 1 aromatic carbocycles. The lowest BCUT2D eigenvalue weighted by Crippen LogP contribution is -2.35. The third-order valence-corrected chi connectivity index (χ3v) is 5.00. The molecule has 0 radical (unpaired) electrons. The third kappa shape index (κ3) is 6.58. The third-order valence-electron chi connectivity index (χ3n) is 5.00. The highest BCUT2D eigenvalue weighted by atomic mass is 19.4. The van der Waals surface area contributed by atoms with Crippen molar-refractivity contribution >= 4 is 11.9 Å². The number of allylic oxidation sites excluding steroid dienone is 1. The van der Waals surface area contributed by atoms with Crippen LogP contribution in [0.5, 0.6) is 0 Å². The highest BCUT2D eigenvalue weighted by Gasteiger charge is 2.43. The van der Waals surface area contributed by atoms with E-state index in [1.54, 1.807) is 6.92 Å². The van der Waals surface area contributed by atoms with Crippen LogP contribution in [0.4, 0.5) is 13.2 Å². The topological polar surface area (TPSA) is 109 Å². The van der Waals surface area contributed by atoms with Crippen LogP contribution in [-0.4, -0.2) is 58.6 Å². The van der Waals surface area contributed by atoms with Crippen molar-refractivity contribution in [3.8, 4) is 0 Å². The van der Waals surface area contributed by atoms with E-state index >= 15 is 0 Å². The van der Waals surface area contributed by atoms with E-state index in [4.69, 9.17) is 24.7 Å². The van der Waals surface area contributed by atoms with E-state index in [9.17, 15) is 22.8 Å². The molecule has 34 heavy (non-hydrogen) atoms. The molecule has 1 heterocycles. The number of hydrogen-bond acceptors (Lipinski definition) is 8. The second kappa shape index (κ2) is 12.5. The molecular formula is C23H29F3N2O6. The predicted molar refractivity (Wildman–Crippen MR) is 116 cm³/mol. The highest BCUT2D eigenvalue weighted by Crippen LogP contribution is 2.44. The highest BCUT2D eigenvalue weighted by molar-refractivity contribution is 6.00. The first kappa shape index (κ1) is 27.4. The van der Waals surface area contributed by atoms with Crippen molar-refractivity contribution in [2.45, 2.75) is 25.9 Å². The van der Waals surface area contributed by atoms with Crippen LogP contribution in [0.15, 0.2) is 46.8 Å². The Hall–Kier alpha value is -2.89. The molecule has 0 fully saturated rings. The molecule has 1 atom stereocenters. The van der Waals surface area contributed by atoms with Crippen LogP contribution < -0.4 is 11.1 Å². The zero-order chi connectivity index (χ0) is 25.3. The van der Waals surface area contributed by atoms with Gasteiger partial charge in [-0.15, -0.1) is 0 Å². The smallest absolute Gasteiger partial charge is 0.416 e. The van der Waals surface area contributed by atoms with Crippen LogP contribution in [0.25, 0.3) is 0 Å². The number of dihydropyridines is 1. The number of carbonyl (C=O) groups is 2. The lowest BCUT2D eigenvalue weighted by molar-refractivity contribution is -0.141. The molecule has 2 rings (SSSR count). The van der Waals surface area contributed by atoms with E-state index in [1.165, 1.54) is 25.1 Å². The number of hydrogen-bond donors (Lipinski definition) is 2. The Balaban J connectivity index is 2.62. The average Bonchev–Trinajstić information content (AvgIpc) is 2.79. The Morgan fingerprint density at radius 3 is 2.35 bits per heavy atom. The summed E-state index contributed by atoms with van der Waals surface area (Å²) in [5.74, 6) is -3.13. The van der Waals surface area contributed by atoms with Crippen LogP contribution in [0.2, 0.25) is 0 Å².